The van der Waals surface area contributed by atoms with Crippen LogP contribution in [0.15, 0.2) is 16.7 Å². The lowest BCUT2D eigenvalue weighted by Crippen LogP contribution is -2.09. The van der Waals surface area contributed by atoms with Crippen LogP contribution in [0.1, 0.15) is 24.0 Å². The van der Waals surface area contributed by atoms with Gasteiger partial charge < -0.3 is 15.0 Å². The van der Waals surface area contributed by atoms with Gasteiger partial charge in [-0.05, 0) is 37.3 Å². The summed E-state index contributed by atoms with van der Waals surface area (Å²) in [5.74, 6) is 0.655. The van der Waals surface area contributed by atoms with Crippen molar-refractivity contribution in [2.45, 2.75) is 25.7 Å². The molecule has 1 aromatic heterocycles. The molecule has 0 atom stereocenters. The Morgan fingerprint density at radius 1 is 1.26 bits per heavy atom. The van der Waals surface area contributed by atoms with Crippen LogP contribution in [0.3, 0.4) is 0 Å². The number of methoxy groups -OCH3 is 1. The summed E-state index contributed by atoms with van der Waals surface area (Å²) >= 11 is 0. The third-order valence-corrected chi connectivity index (χ3v) is 3.57. The number of fused-ring (bicyclic) bond motifs is 1. The Morgan fingerprint density at radius 3 is 2.63 bits per heavy atom. The standard InChI is InChI=1S/C14H15FN2O2/c1-18-12-6-10(11-7-13(16)19-17-11)14(15)9-5-3-2-4-8(9)12/h6-7H,2-5,16H2,1H3. The van der Waals surface area contributed by atoms with E-state index in [0.717, 1.165) is 36.8 Å². The zero-order chi connectivity index (χ0) is 13.4. The van der Waals surface area contributed by atoms with Crippen LogP contribution in [0.4, 0.5) is 10.3 Å². The van der Waals surface area contributed by atoms with Gasteiger partial charge in [-0.15, -0.1) is 0 Å². The van der Waals surface area contributed by atoms with Crippen LogP contribution in [0.5, 0.6) is 5.75 Å². The van der Waals surface area contributed by atoms with Gasteiger partial charge in [-0.25, -0.2) is 4.39 Å². The van der Waals surface area contributed by atoms with Gasteiger partial charge in [0, 0.05) is 17.2 Å². The molecule has 3 rings (SSSR count). The molecule has 1 aromatic carbocycles. The van der Waals surface area contributed by atoms with E-state index < -0.39 is 0 Å². The Bertz CT molecular complexity index is 622. The highest BCUT2D eigenvalue weighted by Gasteiger charge is 2.23. The normalized spacial score (nSPS) is 14.2. The molecule has 0 bridgehead atoms. The predicted molar refractivity (Wildman–Crippen MR) is 69.5 cm³/mol. The molecule has 0 aliphatic heterocycles. The second-order valence-electron chi connectivity index (χ2n) is 4.72. The summed E-state index contributed by atoms with van der Waals surface area (Å²) in [4.78, 5) is 0. The molecule has 0 saturated carbocycles. The van der Waals surface area contributed by atoms with Crippen molar-refractivity contribution in [3.05, 3.63) is 29.1 Å². The fourth-order valence-electron chi connectivity index (χ4n) is 2.65. The van der Waals surface area contributed by atoms with E-state index in [1.807, 2.05) is 0 Å². The van der Waals surface area contributed by atoms with Crippen LogP contribution >= 0.6 is 0 Å². The van der Waals surface area contributed by atoms with E-state index in [1.165, 1.54) is 6.07 Å². The summed E-state index contributed by atoms with van der Waals surface area (Å²) in [6.07, 6.45) is 3.66. The van der Waals surface area contributed by atoms with E-state index in [1.54, 1.807) is 13.2 Å². The summed E-state index contributed by atoms with van der Waals surface area (Å²) < 4.78 is 24.8. The van der Waals surface area contributed by atoms with Crippen LogP contribution in [0.25, 0.3) is 11.3 Å². The van der Waals surface area contributed by atoms with Gasteiger partial charge >= 0.3 is 0 Å². The third kappa shape index (κ3) is 1.95. The topological polar surface area (TPSA) is 61.3 Å². The van der Waals surface area contributed by atoms with Gasteiger partial charge in [0.2, 0.25) is 5.88 Å². The van der Waals surface area contributed by atoms with E-state index in [2.05, 4.69) is 5.16 Å². The molecule has 0 amide bonds. The SMILES string of the molecule is COc1cc(-c2cc(N)on2)c(F)c2c1CCCC2. The molecule has 1 aliphatic rings. The average Bonchev–Trinajstić information content (AvgIpc) is 2.86. The molecule has 1 aliphatic carbocycles. The number of nitrogens with zero attached hydrogens (tertiary/aromatic N) is 1. The molecule has 0 radical (unpaired) electrons. The van der Waals surface area contributed by atoms with Crippen molar-refractivity contribution < 1.29 is 13.7 Å². The highest BCUT2D eigenvalue weighted by atomic mass is 19.1. The van der Waals surface area contributed by atoms with Gasteiger partial charge in [-0.2, -0.15) is 0 Å². The number of hydrogen-bond donors (Lipinski definition) is 1. The third-order valence-electron chi connectivity index (χ3n) is 3.57. The number of hydrogen-bond acceptors (Lipinski definition) is 4. The Kier molecular flexibility index (Phi) is 2.89. The molecule has 1 heterocycles. The maximum atomic E-state index is 14.6. The summed E-state index contributed by atoms with van der Waals surface area (Å²) in [6, 6.07) is 3.20. The first-order valence-corrected chi connectivity index (χ1v) is 6.31. The molecule has 5 heteroatoms. The Labute approximate surface area is 110 Å². The smallest absolute Gasteiger partial charge is 0.222 e. The van der Waals surface area contributed by atoms with Crippen LogP contribution in [0.2, 0.25) is 0 Å². The number of nitrogen functional groups attached to an aromatic ring is 1. The number of benzene rings is 1. The van der Waals surface area contributed by atoms with Crippen molar-refractivity contribution >= 4 is 5.88 Å². The minimum atomic E-state index is -0.233. The first kappa shape index (κ1) is 12.0. The Morgan fingerprint density at radius 2 is 2.00 bits per heavy atom. The molecular weight excluding hydrogens is 247 g/mol. The first-order chi connectivity index (χ1) is 9.20. The summed E-state index contributed by atoms with van der Waals surface area (Å²) in [6.45, 7) is 0. The van der Waals surface area contributed by atoms with Gasteiger partial charge in [0.1, 0.15) is 17.3 Å². The van der Waals surface area contributed by atoms with Gasteiger partial charge in [0.15, 0.2) is 0 Å². The van der Waals surface area contributed by atoms with Crippen molar-refractivity contribution in [2.24, 2.45) is 0 Å². The number of anilines is 1. The van der Waals surface area contributed by atoms with E-state index in [0.29, 0.717) is 17.0 Å². The highest BCUT2D eigenvalue weighted by Crippen LogP contribution is 2.37. The van der Waals surface area contributed by atoms with Crippen molar-refractivity contribution in [3.8, 4) is 17.0 Å². The second-order valence-corrected chi connectivity index (χ2v) is 4.72. The van der Waals surface area contributed by atoms with E-state index in [9.17, 15) is 4.39 Å². The molecule has 2 N–H and O–H groups in total. The van der Waals surface area contributed by atoms with Crippen LogP contribution < -0.4 is 10.5 Å². The van der Waals surface area contributed by atoms with E-state index in [4.69, 9.17) is 15.0 Å². The minimum Gasteiger partial charge on any atom is -0.496 e. The largest absolute Gasteiger partial charge is 0.496 e. The van der Waals surface area contributed by atoms with Crippen molar-refractivity contribution in [2.75, 3.05) is 12.8 Å². The second kappa shape index (κ2) is 4.57. The molecule has 100 valence electrons. The van der Waals surface area contributed by atoms with Crippen LogP contribution in [-0.4, -0.2) is 12.3 Å². The maximum absolute atomic E-state index is 14.6. The van der Waals surface area contributed by atoms with Crippen molar-refractivity contribution in [1.29, 1.82) is 0 Å². The molecule has 2 aromatic rings. The van der Waals surface area contributed by atoms with Crippen molar-refractivity contribution in [1.82, 2.24) is 5.16 Å². The molecule has 0 fully saturated rings. The zero-order valence-corrected chi connectivity index (χ0v) is 10.7. The van der Waals surface area contributed by atoms with Gasteiger partial charge in [-0.3, -0.25) is 0 Å². The molecule has 0 saturated heterocycles. The maximum Gasteiger partial charge on any atom is 0.222 e. The van der Waals surface area contributed by atoms with E-state index >= 15 is 0 Å². The summed E-state index contributed by atoms with van der Waals surface area (Å²) in [5.41, 5.74) is 8.00. The Hall–Kier alpha value is -2.04. The molecule has 0 unspecified atom stereocenters. The monoisotopic (exact) mass is 262 g/mol. The Balaban J connectivity index is 2.20. The average molecular weight is 262 g/mol. The number of nitrogens with two attached hydrogens (primary N) is 1. The predicted octanol–water partition coefficient (Wildman–Crippen LogP) is 2.95. The minimum absolute atomic E-state index is 0.172. The molecule has 4 nitrogen and oxygen atoms in total. The first-order valence-electron chi connectivity index (χ1n) is 6.31. The van der Waals surface area contributed by atoms with Crippen LogP contribution in [0, 0.1) is 5.82 Å². The summed E-state index contributed by atoms with van der Waals surface area (Å²) in [7, 11) is 1.60. The van der Waals surface area contributed by atoms with Gasteiger partial charge in [0.05, 0.1) is 7.11 Å². The summed E-state index contributed by atoms with van der Waals surface area (Å²) in [5, 5.41) is 3.78. The molecule has 0 spiro atoms. The van der Waals surface area contributed by atoms with Crippen LogP contribution in [-0.2, 0) is 12.8 Å². The van der Waals surface area contributed by atoms with Gasteiger partial charge in [-0.1, -0.05) is 5.16 Å². The lowest BCUT2D eigenvalue weighted by molar-refractivity contribution is 0.403. The zero-order valence-electron chi connectivity index (χ0n) is 10.7. The quantitative estimate of drug-likeness (QED) is 0.903. The number of aromatic nitrogens is 1. The van der Waals surface area contributed by atoms with Crippen molar-refractivity contribution in [3.63, 3.8) is 0 Å². The lowest BCUT2D eigenvalue weighted by atomic mass is 9.88. The van der Waals surface area contributed by atoms with E-state index in [-0.39, 0.29) is 11.7 Å². The highest BCUT2D eigenvalue weighted by molar-refractivity contribution is 5.67. The fourth-order valence-corrected chi connectivity index (χ4v) is 2.65. The van der Waals surface area contributed by atoms with Gasteiger partial charge in [0.25, 0.3) is 0 Å². The number of ether oxygens (including phenoxy) is 1. The number of rotatable bonds is 2. The lowest BCUT2D eigenvalue weighted by Gasteiger charge is -2.20. The fraction of sp³-hybridized carbons (Fsp3) is 0.357. The molecule has 19 heavy (non-hydrogen) atoms. The number of halogens is 1. The molecular formula is C14H15FN2O2.